The van der Waals surface area contributed by atoms with E-state index in [1.807, 2.05) is 72.3 Å². The molecule has 0 amide bonds. The maximum absolute atomic E-state index is 11.9. The zero-order valence-corrected chi connectivity index (χ0v) is 14.8. The van der Waals surface area contributed by atoms with E-state index in [1.54, 1.807) is 13.1 Å². The van der Waals surface area contributed by atoms with E-state index in [4.69, 9.17) is 5.10 Å². The molecule has 0 fully saturated rings. The number of Topliss-reactive ketones (excluding diaryl/α,β-unsaturated/α-hetero) is 1. The van der Waals surface area contributed by atoms with Crippen LogP contribution in [-0.4, -0.2) is 20.5 Å². The van der Waals surface area contributed by atoms with Gasteiger partial charge in [0.1, 0.15) is 5.78 Å². The molecule has 4 rings (SSSR count). The van der Waals surface area contributed by atoms with Crippen molar-refractivity contribution in [1.29, 1.82) is 0 Å². The molecular weight excluding hydrogens is 322 g/mol. The Morgan fingerprint density at radius 3 is 2.50 bits per heavy atom. The quantitative estimate of drug-likeness (QED) is 0.548. The molecule has 0 saturated heterocycles. The van der Waals surface area contributed by atoms with Crippen molar-refractivity contribution in [2.45, 2.75) is 20.3 Å². The Morgan fingerprint density at radius 2 is 1.73 bits per heavy atom. The van der Waals surface area contributed by atoms with Gasteiger partial charge >= 0.3 is 0 Å². The lowest BCUT2D eigenvalue weighted by atomic mass is 10.0. The van der Waals surface area contributed by atoms with Crippen LogP contribution in [0.1, 0.15) is 18.2 Å². The summed E-state index contributed by atoms with van der Waals surface area (Å²) in [5.74, 6) is 0.129. The SMILES string of the molecule is CC(=O)Cc1c(-c2ccccc2)nn(-c2ccnc3ccccc23)c1C. The van der Waals surface area contributed by atoms with Crippen molar-refractivity contribution in [2.24, 2.45) is 0 Å². The molecule has 0 aliphatic carbocycles. The number of aromatic nitrogens is 3. The third kappa shape index (κ3) is 2.80. The summed E-state index contributed by atoms with van der Waals surface area (Å²) in [6, 6.07) is 20.0. The van der Waals surface area contributed by atoms with Crippen LogP contribution >= 0.6 is 0 Å². The van der Waals surface area contributed by atoms with Crippen molar-refractivity contribution >= 4 is 16.7 Å². The van der Waals surface area contributed by atoms with Crippen LogP contribution < -0.4 is 0 Å². The zero-order valence-electron chi connectivity index (χ0n) is 14.8. The van der Waals surface area contributed by atoms with Crippen LogP contribution in [0.2, 0.25) is 0 Å². The Morgan fingerprint density at radius 1 is 1.00 bits per heavy atom. The molecule has 0 atom stereocenters. The first-order valence-corrected chi connectivity index (χ1v) is 8.62. The van der Waals surface area contributed by atoms with E-state index in [2.05, 4.69) is 4.98 Å². The third-order valence-corrected chi connectivity index (χ3v) is 4.57. The summed E-state index contributed by atoms with van der Waals surface area (Å²) in [7, 11) is 0. The minimum atomic E-state index is 0.129. The fraction of sp³-hybridized carbons (Fsp3) is 0.136. The lowest BCUT2D eigenvalue weighted by Crippen LogP contribution is -2.02. The van der Waals surface area contributed by atoms with E-state index >= 15 is 0 Å². The Labute approximate surface area is 152 Å². The van der Waals surface area contributed by atoms with Crippen LogP contribution in [0, 0.1) is 6.92 Å². The smallest absolute Gasteiger partial charge is 0.134 e. The molecule has 4 heteroatoms. The van der Waals surface area contributed by atoms with Crippen LogP contribution in [0.15, 0.2) is 66.9 Å². The highest BCUT2D eigenvalue weighted by molar-refractivity contribution is 5.87. The largest absolute Gasteiger partial charge is 0.300 e. The molecule has 0 aliphatic rings. The number of fused-ring (bicyclic) bond motifs is 1. The van der Waals surface area contributed by atoms with Gasteiger partial charge in [0.15, 0.2) is 0 Å². The van der Waals surface area contributed by atoms with Gasteiger partial charge in [-0.1, -0.05) is 48.5 Å². The van der Waals surface area contributed by atoms with Crippen LogP contribution in [0.3, 0.4) is 0 Å². The van der Waals surface area contributed by atoms with Crippen molar-refractivity contribution in [3.63, 3.8) is 0 Å². The lowest BCUT2D eigenvalue weighted by Gasteiger charge is -2.08. The Hall–Kier alpha value is -3.27. The fourth-order valence-electron chi connectivity index (χ4n) is 3.32. The number of hydrogen-bond acceptors (Lipinski definition) is 3. The average molecular weight is 341 g/mol. The van der Waals surface area contributed by atoms with E-state index in [9.17, 15) is 4.79 Å². The molecule has 2 heterocycles. The van der Waals surface area contributed by atoms with Gasteiger partial charge in [0.25, 0.3) is 0 Å². The van der Waals surface area contributed by atoms with E-state index in [0.29, 0.717) is 6.42 Å². The third-order valence-electron chi connectivity index (χ3n) is 4.57. The molecule has 0 saturated carbocycles. The number of ketones is 1. The monoisotopic (exact) mass is 341 g/mol. The van der Waals surface area contributed by atoms with Gasteiger partial charge in [0, 0.05) is 34.8 Å². The van der Waals surface area contributed by atoms with E-state index in [0.717, 1.165) is 39.1 Å². The van der Waals surface area contributed by atoms with Crippen molar-refractivity contribution in [3.8, 4) is 16.9 Å². The number of rotatable bonds is 4. The number of benzene rings is 2. The summed E-state index contributed by atoms with van der Waals surface area (Å²) in [6.07, 6.45) is 2.17. The maximum Gasteiger partial charge on any atom is 0.134 e. The second-order valence-electron chi connectivity index (χ2n) is 6.42. The summed E-state index contributed by atoms with van der Waals surface area (Å²) in [6.45, 7) is 3.64. The number of hydrogen-bond donors (Lipinski definition) is 0. The summed E-state index contributed by atoms with van der Waals surface area (Å²) in [5, 5.41) is 5.93. The van der Waals surface area contributed by atoms with Crippen molar-refractivity contribution in [2.75, 3.05) is 0 Å². The summed E-state index contributed by atoms with van der Waals surface area (Å²) >= 11 is 0. The second-order valence-corrected chi connectivity index (χ2v) is 6.42. The van der Waals surface area contributed by atoms with Crippen LogP contribution in [0.5, 0.6) is 0 Å². The minimum Gasteiger partial charge on any atom is -0.300 e. The molecule has 26 heavy (non-hydrogen) atoms. The van der Waals surface area contributed by atoms with Gasteiger partial charge in [-0.2, -0.15) is 5.10 Å². The molecule has 128 valence electrons. The number of pyridine rings is 1. The normalized spacial score (nSPS) is 11.0. The maximum atomic E-state index is 11.9. The fourth-order valence-corrected chi connectivity index (χ4v) is 3.32. The highest BCUT2D eigenvalue weighted by Crippen LogP contribution is 2.29. The first-order valence-electron chi connectivity index (χ1n) is 8.62. The number of nitrogens with zero attached hydrogens (tertiary/aromatic N) is 3. The lowest BCUT2D eigenvalue weighted by molar-refractivity contribution is -0.116. The van der Waals surface area contributed by atoms with Gasteiger partial charge in [-0.25, -0.2) is 4.68 Å². The van der Waals surface area contributed by atoms with Crippen molar-refractivity contribution in [1.82, 2.24) is 14.8 Å². The van der Waals surface area contributed by atoms with E-state index < -0.39 is 0 Å². The first-order chi connectivity index (χ1) is 12.6. The Bertz CT molecular complexity index is 1090. The average Bonchev–Trinajstić information content (AvgIpc) is 2.98. The van der Waals surface area contributed by atoms with Crippen LogP contribution in [0.4, 0.5) is 0 Å². The van der Waals surface area contributed by atoms with E-state index in [-0.39, 0.29) is 5.78 Å². The highest BCUT2D eigenvalue weighted by Gasteiger charge is 2.19. The molecule has 0 N–H and O–H groups in total. The van der Waals surface area contributed by atoms with E-state index in [1.165, 1.54) is 0 Å². The summed E-state index contributed by atoms with van der Waals surface area (Å²) in [5.41, 5.74) is 5.73. The molecule has 4 aromatic rings. The van der Waals surface area contributed by atoms with Gasteiger partial charge in [-0.05, 0) is 26.0 Å². The van der Waals surface area contributed by atoms with Crippen LogP contribution in [0.25, 0.3) is 27.8 Å². The molecule has 0 radical (unpaired) electrons. The summed E-state index contributed by atoms with van der Waals surface area (Å²) in [4.78, 5) is 16.3. The van der Waals surface area contributed by atoms with Crippen molar-refractivity contribution < 1.29 is 4.79 Å². The van der Waals surface area contributed by atoms with Crippen LogP contribution in [-0.2, 0) is 11.2 Å². The predicted octanol–water partition coefficient (Wildman–Crippen LogP) is 4.53. The highest BCUT2D eigenvalue weighted by atomic mass is 16.1. The second kappa shape index (κ2) is 6.56. The van der Waals surface area contributed by atoms with Gasteiger partial charge in [0.2, 0.25) is 0 Å². The molecule has 0 aliphatic heterocycles. The molecule has 4 nitrogen and oxygen atoms in total. The predicted molar refractivity (Wildman–Crippen MR) is 103 cm³/mol. The van der Waals surface area contributed by atoms with Gasteiger partial charge in [-0.15, -0.1) is 0 Å². The molecule has 0 spiro atoms. The molecule has 0 bridgehead atoms. The van der Waals surface area contributed by atoms with Gasteiger partial charge < -0.3 is 0 Å². The number of carbonyl (C=O) groups is 1. The Balaban J connectivity index is 1.98. The van der Waals surface area contributed by atoms with Crippen molar-refractivity contribution in [3.05, 3.63) is 78.1 Å². The Kier molecular flexibility index (Phi) is 4.09. The molecular formula is C22H19N3O. The number of para-hydroxylation sites is 1. The first kappa shape index (κ1) is 16.2. The number of carbonyl (C=O) groups excluding carboxylic acids is 1. The van der Waals surface area contributed by atoms with Gasteiger partial charge in [-0.3, -0.25) is 9.78 Å². The van der Waals surface area contributed by atoms with Gasteiger partial charge in [0.05, 0.1) is 16.9 Å². The minimum absolute atomic E-state index is 0.129. The molecule has 0 unspecified atom stereocenters. The molecule has 2 aromatic carbocycles. The standard InChI is InChI=1S/C22H19N3O/c1-15(26)14-19-16(2)25(24-22(19)17-8-4-3-5-9-17)21-12-13-23-20-11-7-6-10-18(20)21/h3-13H,14H2,1-2H3. The molecule has 2 aromatic heterocycles. The topological polar surface area (TPSA) is 47.8 Å². The zero-order chi connectivity index (χ0) is 18.1. The summed E-state index contributed by atoms with van der Waals surface area (Å²) < 4.78 is 1.94.